The van der Waals surface area contributed by atoms with Gasteiger partial charge in [-0.1, -0.05) is 0 Å². The van der Waals surface area contributed by atoms with Crippen LogP contribution in [-0.4, -0.2) is 43.5 Å². The zero-order valence-corrected chi connectivity index (χ0v) is 7.38. The highest BCUT2D eigenvalue weighted by molar-refractivity contribution is 5.77. The third-order valence-electron chi connectivity index (χ3n) is 2.05. The van der Waals surface area contributed by atoms with E-state index in [1.165, 1.54) is 6.42 Å². The topological polar surface area (TPSA) is 58.4 Å². The molecule has 1 rings (SSSR count). The van der Waals surface area contributed by atoms with Gasteiger partial charge in [-0.25, -0.2) is 0 Å². The van der Waals surface area contributed by atoms with Crippen molar-refractivity contribution in [3.8, 4) is 0 Å². The van der Waals surface area contributed by atoms with Crippen LogP contribution in [-0.2, 0) is 4.79 Å². The Morgan fingerprint density at radius 2 is 2.17 bits per heavy atom. The van der Waals surface area contributed by atoms with Crippen LogP contribution in [0.5, 0.6) is 0 Å². The molecule has 0 radical (unpaired) electrons. The van der Waals surface area contributed by atoms with E-state index in [0.29, 0.717) is 13.0 Å². The molecule has 1 saturated heterocycles. The Labute approximate surface area is 73.1 Å². The van der Waals surface area contributed by atoms with E-state index in [1.807, 2.05) is 4.90 Å². The number of hydrogen-bond donors (Lipinski definition) is 2. The summed E-state index contributed by atoms with van der Waals surface area (Å²) in [5.41, 5.74) is 5.28. The van der Waals surface area contributed by atoms with E-state index in [0.717, 1.165) is 26.2 Å². The fraction of sp³-hybridized carbons (Fsp3) is 0.875. The monoisotopic (exact) mass is 171 g/mol. The Morgan fingerprint density at radius 3 is 2.67 bits per heavy atom. The van der Waals surface area contributed by atoms with Gasteiger partial charge in [0.15, 0.2) is 0 Å². The molecule has 4 nitrogen and oxygen atoms in total. The van der Waals surface area contributed by atoms with Gasteiger partial charge in [0, 0.05) is 39.1 Å². The number of carbonyl (C=O) groups excluding carboxylic acids is 1. The van der Waals surface area contributed by atoms with Gasteiger partial charge in [0.2, 0.25) is 5.91 Å². The molecule has 1 aliphatic rings. The Bertz CT molecular complexity index is 145. The van der Waals surface area contributed by atoms with Gasteiger partial charge in [0.1, 0.15) is 0 Å². The van der Waals surface area contributed by atoms with Crippen LogP contribution in [0, 0.1) is 0 Å². The first kappa shape index (κ1) is 9.48. The molecule has 0 spiro atoms. The summed E-state index contributed by atoms with van der Waals surface area (Å²) >= 11 is 0. The highest BCUT2D eigenvalue weighted by Gasteiger charge is 2.18. The molecule has 70 valence electrons. The second kappa shape index (κ2) is 5.11. The summed E-state index contributed by atoms with van der Waals surface area (Å²) in [5.74, 6) is 0.269. The molecule has 0 atom stereocenters. The lowest BCUT2D eigenvalue weighted by atomic mass is 10.2. The van der Waals surface area contributed by atoms with E-state index in [2.05, 4.69) is 5.32 Å². The first-order valence-electron chi connectivity index (χ1n) is 4.53. The number of rotatable bonds is 5. The molecule has 1 aliphatic heterocycles. The Morgan fingerprint density at radius 1 is 1.42 bits per heavy atom. The first-order valence-corrected chi connectivity index (χ1v) is 4.53. The van der Waals surface area contributed by atoms with Crippen molar-refractivity contribution >= 4 is 5.91 Å². The molecule has 12 heavy (non-hydrogen) atoms. The zero-order valence-electron chi connectivity index (χ0n) is 7.38. The minimum atomic E-state index is 0.269. The molecule has 0 bridgehead atoms. The van der Waals surface area contributed by atoms with Crippen molar-refractivity contribution in [3.05, 3.63) is 0 Å². The van der Waals surface area contributed by atoms with E-state index < -0.39 is 0 Å². The predicted octanol–water partition coefficient (Wildman–Crippen LogP) is -0.843. The van der Waals surface area contributed by atoms with Crippen LogP contribution in [0.3, 0.4) is 0 Å². The largest absolute Gasteiger partial charge is 0.343 e. The number of nitrogens with one attached hydrogen (secondary N) is 1. The van der Waals surface area contributed by atoms with Crippen LogP contribution >= 0.6 is 0 Å². The van der Waals surface area contributed by atoms with Crippen molar-refractivity contribution in [2.45, 2.75) is 12.8 Å². The van der Waals surface area contributed by atoms with E-state index in [9.17, 15) is 4.79 Å². The molecule has 1 fully saturated rings. The van der Waals surface area contributed by atoms with Gasteiger partial charge in [-0.3, -0.25) is 4.79 Å². The summed E-state index contributed by atoms with van der Waals surface area (Å²) in [5, 5.41) is 3.10. The van der Waals surface area contributed by atoms with E-state index in [1.54, 1.807) is 0 Å². The predicted molar refractivity (Wildman–Crippen MR) is 47.7 cm³/mol. The highest BCUT2D eigenvalue weighted by Crippen LogP contribution is 2.06. The summed E-state index contributed by atoms with van der Waals surface area (Å²) < 4.78 is 0. The number of hydrogen-bond acceptors (Lipinski definition) is 3. The van der Waals surface area contributed by atoms with Gasteiger partial charge in [0.25, 0.3) is 0 Å². The van der Waals surface area contributed by atoms with Gasteiger partial charge in [-0.2, -0.15) is 0 Å². The molecule has 0 aliphatic carbocycles. The van der Waals surface area contributed by atoms with Gasteiger partial charge in [0.05, 0.1) is 0 Å². The summed E-state index contributed by atoms with van der Waals surface area (Å²) in [6.07, 6.45) is 1.78. The number of nitrogens with zero attached hydrogens (tertiary/aromatic N) is 1. The van der Waals surface area contributed by atoms with Crippen LogP contribution < -0.4 is 11.1 Å². The van der Waals surface area contributed by atoms with Crippen molar-refractivity contribution in [3.63, 3.8) is 0 Å². The average molecular weight is 171 g/mol. The summed E-state index contributed by atoms with van der Waals surface area (Å²) in [6, 6.07) is 0. The number of amides is 1. The number of carbonyl (C=O) groups is 1. The van der Waals surface area contributed by atoms with Gasteiger partial charge in [-0.15, -0.1) is 0 Å². The van der Waals surface area contributed by atoms with E-state index in [-0.39, 0.29) is 5.91 Å². The fourth-order valence-electron chi connectivity index (χ4n) is 1.15. The maximum atomic E-state index is 11.2. The first-order chi connectivity index (χ1) is 5.84. The summed E-state index contributed by atoms with van der Waals surface area (Å²) in [6.45, 7) is 4.10. The lowest BCUT2D eigenvalue weighted by molar-refractivity contribution is -0.134. The maximum absolute atomic E-state index is 11.2. The molecule has 0 aromatic heterocycles. The standard InChI is InChI=1S/C8H17N3O/c9-3-5-10-4-2-8(12)11-6-1-7-11/h10H,1-7,9H2. The van der Waals surface area contributed by atoms with Crippen molar-refractivity contribution in [2.24, 2.45) is 5.73 Å². The molecule has 0 saturated carbocycles. The highest BCUT2D eigenvalue weighted by atomic mass is 16.2. The second-order valence-electron chi connectivity index (χ2n) is 3.02. The van der Waals surface area contributed by atoms with Crippen LogP contribution in [0.2, 0.25) is 0 Å². The molecule has 1 amide bonds. The molecule has 4 heteroatoms. The van der Waals surface area contributed by atoms with Crippen LogP contribution in [0.4, 0.5) is 0 Å². The van der Waals surface area contributed by atoms with E-state index >= 15 is 0 Å². The zero-order chi connectivity index (χ0) is 8.81. The van der Waals surface area contributed by atoms with E-state index in [4.69, 9.17) is 5.73 Å². The number of likely N-dealkylation sites (tertiary alicyclic amines) is 1. The molecule has 0 aromatic carbocycles. The molecule has 0 unspecified atom stereocenters. The van der Waals surface area contributed by atoms with Gasteiger partial charge in [-0.05, 0) is 6.42 Å². The smallest absolute Gasteiger partial charge is 0.223 e. The minimum absolute atomic E-state index is 0.269. The third kappa shape index (κ3) is 2.79. The Kier molecular flexibility index (Phi) is 4.04. The lowest BCUT2D eigenvalue weighted by Crippen LogP contribution is -2.43. The summed E-state index contributed by atoms with van der Waals surface area (Å²) in [7, 11) is 0. The van der Waals surface area contributed by atoms with Crippen LogP contribution in [0.25, 0.3) is 0 Å². The maximum Gasteiger partial charge on any atom is 0.223 e. The molecule has 3 N–H and O–H groups in total. The minimum Gasteiger partial charge on any atom is -0.343 e. The Balaban J connectivity index is 1.94. The average Bonchev–Trinajstić information content (AvgIpc) is 1.95. The molecule has 0 aromatic rings. The molecule has 1 heterocycles. The SMILES string of the molecule is NCCNCCC(=O)N1CCC1. The quantitative estimate of drug-likeness (QED) is 0.530. The normalized spacial score (nSPS) is 15.9. The van der Waals surface area contributed by atoms with Gasteiger partial charge < -0.3 is 16.0 Å². The van der Waals surface area contributed by atoms with Gasteiger partial charge >= 0.3 is 0 Å². The third-order valence-corrected chi connectivity index (χ3v) is 2.05. The molecular formula is C8H17N3O. The van der Waals surface area contributed by atoms with Crippen molar-refractivity contribution < 1.29 is 4.79 Å². The van der Waals surface area contributed by atoms with Crippen molar-refractivity contribution in [1.29, 1.82) is 0 Å². The molecular weight excluding hydrogens is 154 g/mol. The second-order valence-corrected chi connectivity index (χ2v) is 3.02. The lowest BCUT2D eigenvalue weighted by Gasteiger charge is -2.30. The van der Waals surface area contributed by atoms with Crippen molar-refractivity contribution in [2.75, 3.05) is 32.7 Å². The Hall–Kier alpha value is -0.610. The fourth-order valence-corrected chi connectivity index (χ4v) is 1.15. The van der Waals surface area contributed by atoms with Crippen LogP contribution in [0.1, 0.15) is 12.8 Å². The van der Waals surface area contributed by atoms with Crippen molar-refractivity contribution in [1.82, 2.24) is 10.2 Å². The summed E-state index contributed by atoms with van der Waals surface area (Å²) in [4.78, 5) is 13.1. The van der Waals surface area contributed by atoms with Crippen LogP contribution in [0.15, 0.2) is 0 Å². The number of nitrogens with two attached hydrogens (primary N) is 1.